The molecule has 0 amide bonds. The molecule has 1 unspecified atom stereocenters. The van der Waals surface area contributed by atoms with Crippen LogP contribution >= 0.6 is 11.3 Å². The maximum atomic E-state index is 4.51. The Labute approximate surface area is 113 Å². The third-order valence-corrected chi connectivity index (χ3v) is 4.20. The van der Waals surface area contributed by atoms with Gasteiger partial charge < -0.3 is 5.32 Å². The minimum Gasteiger partial charge on any atom is -0.304 e. The van der Waals surface area contributed by atoms with E-state index in [-0.39, 0.29) is 0 Å². The van der Waals surface area contributed by atoms with Gasteiger partial charge >= 0.3 is 0 Å². The van der Waals surface area contributed by atoms with Gasteiger partial charge in [0.05, 0.1) is 6.04 Å². The monoisotopic (exact) mass is 260 g/mol. The van der Waals surface area contributed by atoms with Crippen molar-refractivity contribution in [3.05, 3.63) is 51.5 Å². The fraction of sp³-hybridized carbons (Fsp3) is 0.400. The van der Waals surface area contributed by atoms with Crippen molar-refractivity contribution in [2.75, 3.05) is 0 Å². The molecule has 96 valence electrons. The number of benzene rings is 1. The van der Waals surface area contributed by atoms with Gasteiger partial charge in [0.15, 0.2) is 0 Å². The van der Waals surface area contributed by atoms with Gasteiger partial charge in [0, 0.05) is 17.6 Å². The molecule has 0 fully saturated rings. The highest BCUT2D eigenvalue weighted by Crippen LogP contribution is 2.18. The average molecular weight is 260 g/mol. The summed E-state index contributed by atoms with van der Waals surface area (Å²) in [5, 5.41) is 6.78. The zero-order chi connectivity index (χ0) is 13.0. The quantitative estimate of drug-likeness (QED) is 0.883. The molecule has 0 aliphatic carbocycles. The third-order valence-electron chi connectivity index (χ3n) is 3.05. The lowest BCUT2D eigenvalue weighted by Gasteiger charge is -2.11. The lowest BCUT2D eigenvalue weighted by atomic mass is 10.1. The van der Waals surface area contributed by atoms with Crippen LogP contribution < -0.4 is 5.32 Å². The van der Waals surface area contributed by atoms with Crippen molar-refractivity contribution in [2.24, 2.45) is 0 Å². The number of hydrogen-bond acceptors (Lipinski definition) is 3. The Morgan fingerprint density at radius 1 is 1.22 bits per heavy atom. The van der Waals surface area contributed by atoms with E-state index in [9.17, 15) is 0 Å². The summed E-state index contributed by atoms with van der Waals surface area (Å²) < 4.78 is 0. The van der Waals surface area contributed by atoms with Crippen molar-refractivity contribution in [1.82, 2.24) is 10.3 Å². The van der Waals surface area contributed by atoms with Gasteiger partial charge in [-0.2, -0.15) is 0 Å². The van der Waals surface area contributed by atoms with E-state index in [1.807, 2.05) is 6.92 Å². The van der Waals surface area contributed by atoms with Crippen LogP contribution in [0.2, 0.25) is 0 Å². The zero-order valence-electron chi connectivity index (χ0n) is 11.2. The molecule has 0 saturated carbocycles. The highest BCUT2D eigenvalue weighted by molar-refractivity contribution is 7.09. The van der Waals surface area contributed by atoms with Crippen LogP contribution in [0, 0.1) is 6.92 Å². The smallest absolute Gasteiger partial charge is 0.110 e. The summed E-state index contributed by atoms with van der Waals surface area (Å²) in [5.41, 5.74) is 3.82. The fourth-order valence-electron chi connectivity index (χ4n) is 1.82. The molecule has 1 heterocycles. The van der Waals surface area contributed by atoms with Crippen molar-refractivity contribution in [3.63, 3.8) is 0 Å². The van der Waals surface area contributed by atoms with Crippen LogP contribution in [0.1, 0.15) is 41.7 Å². The number of rotatable bonds is 5. The zero-order valence-corrected chi connectivity index (χ0v) is 12.1. The summed E-state index contributed by atoms with van der Waals surface area (Å²) in [6, 6.07) is 9.12. The average Bonchev–Trinajstić information content (AvgIpc) is 2.83. The van der Waals surface area contributed by atoms with Gasteiger partial charge in [0.25, 0.3) is 0 Å². The predicted octanol–water partition coefficient (Wildman–Crippen LogP) is 3.86. The highest BCUT2D eigenvalue weighted by atomic mass is 32.1. The topological polar surface area (TPSA) is 24.9 Å². The molecule has 2 nitrogen and oxygen atoms in total. The van der Waals surface area contributed by atoms with Crippen LogP contribution in [0.15, 0.2) is 29.6 Å². The molecule has 1 aromatic carbocycles. The van der Waals surface area contributed by atoms with Gasteiger partial charge in [-0.15, -0.1) is 11.3 Å². The summed E-state index contributed by atoms with van der Waals surface area (Å²) in [6.45, 7) is 7.28. The van der Waals surface area contributed by atoms with Crippen LogP contribution in [0.25, 0.3) is 0 Å². The van der Waals surface area contributed by atoms with Crippen LogP contribution in [0.4, 0.5) is 0 Å². The number of nitrogens with one attached hydrogen (secondary N) is 1. The van der Waals surface area contributed by atoms with Gasteiger partial charge in [-0.05, 0) is 31.4 Å². The van der Waals surface area contributed by atoms with Crippen LogP contribution in [-0.4, -0.2) is 4.98 Å². The van der Waals surface area contributed by atoms with E-state index in [0.717, 1.165) is 23.7 Å². The molecular weight excluding hydrogens is 240 g/mol. The van der Waals surface area contributed by atoms with E-state index >= 15 is 0 Å². The fourth-order valence-corrected chi connectivity index (χ4v) is 2.65. The second-order valence-electron chi connectivity index (χ2n) is 4.60. The standard InChI is InChI=1S/C15H20N2S/c1-4-13-5-7-14(8-6-13)9-16-12(3)15-17-11(2)10-18-15/h5-8,10,12,16H,4,9H2,1-3H3. The number of hydrogen-bond donors (Lipinski definition) is 1. The maximum absolute atomic E-state index is 4.51. The van der Waals surface area contributed by atoms with Crippen molar-refractivity contribution in [3.8, 4) is 0 Å². The van der Waals surface area contributed by atoms with Gasteiger partial charge in [-0.3, -0.25) is 0 Å². The number of nitrogens with zero attached hydrogens (tertiary/aromatic N) is 1. The molecule has 3 heteroatoms. The van der Waals surface area contributed by atoms with E-state index in [2.05, 4.69) is 53.8 Å². The summed E-state index contributed by atoms with van der Waals surface area (Å²) >= 11 is 1.73. The minimum absolute atomic E-state index is 0.314. The number of aromatic nitrogens is 1. The van der Waals surface area contributed by atoms with Crippen molar-refractivity contribution in [1.29, 1.82) is 0 Å². The predicted molar refractivity (Wildman–Crippen MR) is 77.9 cm³/mol. The molecule has 18 heavy (non-hydrogen) atoms. The SMILES string of the molecule is CCc1ccc(CNC(C)c2nc(C)cs2)cc1. The molecule has 1 aromatic heterocycles. The van der Waals surface area contributed by atoms with E-state index in [4.69, 9.17) is 0 Å². The Morgan fingerprint density at radius 3 is 2.44 bits per heavy atom. The first-order valence-electron chi connectivity index (χ1n) is 6.42. The first kappa shape index (κ1) is 13.2. The van der Waals surface area contributed by atoms with Gasteiger partial charge in [0.2, 0.25) is 0 Å². The van der Waals surface area contributed by atoms with Gasteiger partial charge in [-0.25, -0.2) is 4.98 Å². The van der Waals surface area contributed by atoms with Gasteiger partial charge in [-0.1, -0.05) is 31.2 Å². The van der Waals surface area contributed by atoms with Crippen LogP contribution in [0.5, 0.6) is 0 Å². The molecule has 0 spiro atoms. The van der Waals surface area contributed by atoms with E-state index < -0.39 is 0 Å². The first-order chi connectivity index (χ1) is 8.69. The lowest BCUT2D eigenvalue weighted by molar-refractivity contribution is 0.571. The second-order valence-corrected chi connectivity index (χ2v) is 5.49. The van der Waals surface area contributed by atoms with E-state index in [0.29, 0.717) is 6.04 Å². The summed E-state index contributed by atoms with van der Waals surface area (Å²) in [6.07, 6.45) is 1.10. The molecule has 0 aliphatic rings. The molecule has 1 N–H and O–H groups in total. The van der Waals surface area contributed by atoms with Crippen LogP contribution in [0.3, 0.4) is 0 Å². The third kappa shape index (κ3) is 3.40. The molecule has 0 bridgehead atoms. The first-order valence-corrected chi connectivity index (χ1v) is 7.30. The maximum Gasteiger partial charge on any atom is 0.110 e. The van der Waals surface area contributed by atoms with E-state index in [1.54, 1.807) is 11.3 Å². The molecular formula is C15H20N2S. The Balaban J connectivity index is 1.90. The Hall–Kier alpha value is -1.19. The summed E-state index contributed by atoms with van der Waals surface area (Å²) in [4.78, 5) is 4.51. The Kier molecular flexibility index (Phi) is 4.50. The summed E-state index contributed by atoms with van der Waals surface area (Å²) in [7, 11) is 0. The molecule has 0 saturated heterocycles. The lowest BCUT2D eigenvalue weighted by Crippen LogP contribution is -2.17. The van der Waals surface area contributed by atoms with Crippen molar-refractivity contribution < 1.29 is 0 Å². The van der Waals surface area contributed by atoms with Crippen molar-refractivity contribution >= 4 is 11.3 Å². The Bertz CT molecular complexity index is 487. The summed E-state index contributed by atoms with van der Waals surface area (Å²) in [5.74, 6) is 0. The van der Waals surface area contributed by atoms with Crippen molar-refractivity contribution in [2.45, 2.75) is 39.8 Å². The van der Waals surface area contributed by atoms with Crippen LogP contribution in [-0.2, 0) is 13.0 Å². The Morgan fingerprint density at radius 2 is 1.89 bits per heavy atom. The largest absolute Gasteiger partial charge is 0.304 e. The molecule has 2 aromatic rings. The molecule has 0 radical (unpaired) electrons. The normalized spacial score (nSPS) is 12.6. The highest BCUT2D eigenvalue weighted by Gasteiger charge is 2.08. The minimum atomic E-state index is 0.314. The molecule has 1 atom stereocenters. The number of aryl methyl sites for hydroxylation is 2. The van der Waals surface area contributed by atoms with Gasteiger partial charge in [0.1, 0.15) is 5.01 Å². The molecule has 0 aliphatic heterocycles. The number of thiazole rings is 1. The van der Waals surface area contributed by atoms with E-state index in [1.165, 1.54) is 11.1 Å². The second kappa shape index (κ2) is 6.12. The molecule has 2 rings (SSSR count).